The lowest BCUT2D eigenvalue weighted by molar-refractivity contribution is 0.240. The summed E-state index contributed by atoms with van der Waals surface area (Å²) in [6.07, 6.45) is 10.4. The van der Waals surface area contributed by atoms with E-state index in [1.165, 1.54) is 0 Å². The summed E-state index contributed by atoms with van der Waals surface area (Å²) in [5.41, 5.74) is 1.87. The molecule has 3 aromatic rings. The summed E-state index contributed by atoms with van der Waals surface area (Å²) in [6, 6.07) is 7.32. The van der Waals surface area contributed by atoms with Gasteiger partial charge in [0.15, 0.2) is 0 Å². The zero-order valence-corrected chi connectivity index (χ0v) is 12.4. The molecule has 0 aromatic carbocycles. The lowest BCUT2D eigenvalue weighted by Crippen LogP contribution is -2.34. The van der Waals surface area contributed by atoms with Crippen LogP contribution in [0.3, 0.4) is 0 Å². The Morgan fingerprint density at radius 2 is 1.83 bits per heavy atom. The summed E-state index contributed by atoms with van der Waals surface area (Å²) < 4.78 is 1.82. The molecule has 0 saturated heterocycles. The summed E-state index contributed by atoms with van der Waals surface area (Å²) in [6.45, 7) is 0.855. The minimum absolute atomic E-state index is 0.229. The molecule has 2 N–H and O–H groups in total. The van der Waals surface area contributed by atoms with Gasteiger partial charge in [-0.3, -0.25) is 9.55 Å². The molecular formula is C16H16N6O. The van der Waals surface area contributed by atoms with Crippen LogP contribution in [0.1, 0.15) is 11.1 Å². The summed E-state index contributed by atoms with van der Waals surface area (Å²) in [4.78, 5) is 24.1. The summed E-state index contributed by atoms with van der Waals surface area (Å²) >= 11 is 0. The van der Waals surface area contributed by atoms with Crippen LogP contribution in [-0.2, 0) is 13.1 Å². The Kier molecular flexibility index (Phi) is 4.58. The van der Waals surface area contributed by atoms with Crippen molar-refractivity contribution in [1.29, 1.82) is 0 Å². The monoisotopic (exact) mass is 308 g/mol. The summed E-state index contributed by atoms with van der Waals surface area (Å²) in [5, 5.41) is 5.57. The highest BCUT2D eigenvalue weighted by Gasteiger charge is 2.02. The zero-order chi connectivity index (χ0) is 15.9. The lowest BCUT2D eigenvalue weighted by Gasteiger charge is -2.08. The van der Waals surface area contributed by atoms with Crippen molar-refractivity contribution in [2.45, 2.75) is 13.1 Å². The Hall–Kier alpha value is -3.22. The number of pyridine rings is 2. The highest BCUT2D eigenvalue weighted by atomic mass is 16.2. The quantitative estimate of drug-likeness (QED) is 0.751. The zero-order valence-electron chi connectivity index (χ0n) is 12.4. The van der Waals surface area contributed by atoms with Gasteiger partial charge >= 0.3 is 6.03 Å². The van der Waals surface area contributed by atoms with E-state index in [1.54, 1.807) is 31.1 Å². The second-order valence-electron chi connectivity index (χ2n) is 4.89. The first-order valence-corrected chi connectivity index (χ1v) is 7.15. The number of imidazole rings is 1. The van der Waals surface area contributed by atoms with Crippen LogP contribution in [0.4, 0.5) is 4.79 Å². The van der Waals surface area contributed by atoms with Crippen LogP contribution in [0.2, 0.25) is 0 Å². The number of urea groups is 1. The molecule has 0 atom stereocenters. The SMILES string of the molecule is O=C(NCc1cccnc1)NCc1ccc(-n2ccnc2)nc1. The van der Waals surface area contributed by atoms with Crippen molar-refractivity contribution in [3.8, 4) is 5.82 Å². The normalized spacial score (nSPS) is 10.3. The van der Waals surface area contributed by atoms with Crippen molar-refractivity contribution in [3.63, 3.8) is 0 Å². The van der Waals surface area contributed by atoms with Gasteiger partial charge in [-0.25, -0.2) is 14.8 Å². The fourth-order valence-electron chi connectivity index (χ4n) is 2.00. The van der Waals surface area contributed by atoms with E-state index in [0.717, 1.165) is 16.9 Å². The Balaban J connectivity index is 1.47. The van der Waals surface area contributed by atoms with E-state index >= 15 is 0 Å². The van der Waals surface area contributed by atoms with Crippen molar-refractivity contribution in [1.82, 2.24) is 30.2 Å². The van der Waals surface area contributed by atoms with E-state index in [1.807, 2.05) is 35.0 Å². The fourth-order valence-corrected chi connectivity index (χ4v) is 2.00. The molecule has 3 heterocycles. The van der Waals surface area contributed by atoms with E-state index in [9.17, 15) is 4.79 Å². The second kappa shape index (κ2) is 7.17. The van der Waals surface area contributed by atoms with Gasteiger partial charge in [-0.05, 0) is 23.3 Å². The third-order valence-electron chi connectivity index (χ3n) is 3.21. The van der Waals surface area contributed by atoms with Crippen LogP contribution in [0.5, 0.6) is 0 Å². The average Bonchev–Trinajstić information content (AvgIpc) is 3.14. The van der Waals surface area contributed by atoms with Crippen LogP contribution in [0, 0.1) is 0 Å². The van der Waals surface area contributed by atoms with Gasteiger partial charge in [0.2, 0.25) is 0 Å². The summed E-state index contributed by atoms with van der Waals surface area (Å²) in [5.74, 6) is 0.785. The molecule has 3 aromatic heterocycles. The molecule has 0 bridgehead atoms. The summed E-state index contributed by atoms with van der Waals surface area (Å²) in [7, 11) is 0. The highest BCUT2D eigenvalue weighted by molar-refractivity contribution is 5.73. The molecule has 0 spiro atoms. The van der Waals surface area contributed by atoms with Crippen molar-refractivity contribution in [2.75, 3.05) is 0 Å². The molecule has 0 saturated carbocycles. The minimum atomic E-state index is -0.229. The average molecular weight is 308 g/mol. The third kappa shape index (κ3) is 4.13. The number of carbonyl (C=O) groups excluding carboxylic acids is 1. The van der Waals surface area contributed by atoms with E-state index in [4.69, 9.17) is 0 Å². The van der Waals surface area contributed by atoms with Crippen molar-refractivity contribution in [3.05, 3.63) is 72.7 Å². The number of rotatable bonds is 5. The number of nitrogens with zero attached hydrogens (tertiary/aromatic N) is 4. The second-order valence-corrected chi connectivity index (χ2v) is 4.89. The molecule has 0 radical (unpaired) electrons. The maximum absolute atomic E-state index is 11.8. The van der Waals surface area contributed by atoms with Crippen molar-refractivity contribution >= 4 is 6.03 Å². The molecule has 7 nitrogen and oxygen atoms in total. The Labute approximate surface area is 133 Å². The molecular weight excluding hydrogens is 292 g/mol. The molecule has 3 rings (SSSR count). The number of nitrogens with one attached hydrogen (secondary N) is 2. The predicted octanol–water partition coefficient (Wildman–Crippen LogP) is 1.66. The van der Waals surface area contributed by atoms with E-state index in [-0.39, 0.29) is 6.03 Å². The van der Waals surface area contributed by atoms with Crippen LogP contribution in [0.25, 0.3) is 5.82 Å². The van der Waals surface area contributed by atoms with Crippen LogP contribution < -0.4 is 10.6 Å². The van der Waals surface area contributed by atoms with E-state index in [2.05, 4.69) is 25.6 Å². The standard InChI is InChI=1S/C16H16N6O/c23-16(20-10-13-2-1-5-17-8-13)21-11-14-3-4-15(19-9-14)22-7-6-18-12-22/h1-9,12H,10-11H2,(H2,20,21,23). The van der Waals surface area contributed by atoms with Gasteiger partial charge in [-0.2, -0.15) is 0 Å². The van der Waals surface area contributed by atoms with Gasteiger partial charge in [0.1, 0.15) is 12.1 Å². The first-order valence-electron chi connectivity index (χ1n) is 7.15. The van der Waals surface area contributed by atoms with Gasteiger partial charge in [-0.1, -0.05) is 12.1 Å². The maximum atomic E-state index is 11.8. The Bertz CT molecular complexity index is 740. The van der Waals surface area contributed by atoms with Gasteiger partial charge < -0.3 is 10.6 Å². The minimum Gasteiger partial charge on any atom is -0.334 e. The van der Waals surface area contributed by atoms with Gasteiger partial charge in [-0.15, -0.1) is 0 Å². The molecule has 0 aliphatic heterocycles. The van der Waals surface area contributed by atoms with Crippen LogP contribution in [0.15, 0.2) is 61.6 Å². The largest absolute Gasteiger partial charge is 0.334 e. The van der Waals surface area contributed by atoms with E-state index in [0.29, 0.717) is 13.1 Å². The topological polar surface area (TPSA) is 84.7 Å². The van der Waals surface area contributed by atoms with Crippen LogP contribution in [-0.4, -0.2) is 25.6 Å². The molecule has 0 aliphatic rings. The number of hydrogen-bond acceptors (Lipinski definition) is 4. The van der Waals surface area contributed by atoms with Gasteiger partial charge in [0.25, 0.3) is 0 Å². The Morgan fingerprint density at radius 3 is 2.43 bits per heavy atom. The Morgan fingerprint density at radius 1 is 1.00 bits per heavy atom. The molecule has 23 heavy (non-hydrogen) atoms. The van der Waals surface area contributed by atoms with Gasteiger partial charge in [0.05, 0.1) is 0 Å². The molecule has 0 aliphatic carbocycles. The van der Waals surface area contributed by atoms with Crippen molar-refractivity contribution in [2.24, 2.45) is 0 Å². The van der Waals surface area contributed by atoms with E-state index < -0.39 is 0 Å². The maximum Gasteiger partial charge on any atom is 0.315 e. The lowest BCUT2D eigenvalue weighted by atomic mass is 10.3. The predicted molar refractivity (Wildman–Crippen MR) is 84.7 cm³/mol. The molecule has 116 valence electrons. The van der Waals surface area contributed by atoms with Crippen LogP contribution >= 0.6 is 0 Å². The number of amides is 2. The van der Waals surface area contributed by atoms with Crippen molar-refractivity contribution < 1.29 is 4.79 Å². The molecule has 0 fully saturated rings. The molecule has 0 unspecified atom stereocenters. The first kappa shape index (κ1) is 14.7. The first-order chi connectivity index (χ1) is 11.3. The number of aromatic nitrogens is 4. The smallest absolute Gasteiger partial charge is 0.315 e. The third-order valence-corrected chi connectivity index (χ3v) is 3.21. The fraction of sp³-hybridized carbons (Fsp3) is 0.125. The number of hydrogen-bond donors (Lipinski definition) is 2. The molecule has 2 amide bonds. The number of carbonyl (C=O) groups is 1. The highest BCUT2D eigenvalue weighted by Crippen LogP contribution is 2.05. The molecule has 7 heteroatoms. The van der Waals surface area contributed by atoms with Gasteiger partial charge in [0, 0.05) is 44.1 Å².